The maximum Gasteiger partial charge on any atom is 0.249 e. The molecular formula is C23H27N7O. The van der Waals surface area contributed by atoms with Crippen LogP contribution in [0.2, 0.25) is 0 Å². The molecule has 5 rings (SSSR count). The van der Waals surface area contributed by atoms with E-state index in [4.69, 9.17) is 0 Å². The van der Waals surface area contributed by atoms with Gasteiger partial charge in [0, 0.05) is 23.9 Å². The van der Waals surface area contributed by atoms with E-state index >= 15 is 0 Å². The maximum absolute atomic E-state index is 13.2. The molecule has 31 heavy (non-hydrogen) atoms. The van der Waals surface area contributed by atoms with Gasteiger partial charge in [-0.1, -0.05) is 0 Å². The van der Waals surface area contributed by atoms with Crippen molar-refractivity contribution in [2.75, 3.05) is 23.3 Å². The Morgan fingerprint density at radius 3 is 2.68 bits per heavy atom. The molecule has 0 spiro atoms. The maximum atomic E-state index is 13.2. The fourth-order valence-electron chi connectivity index (χ4n) is 5.00. The Morgan fingerprint density at radius 2 is 2.00 bits per heavy atom. The van der Waals surface area contributed by atoms with E-state index in [-0.39, 0.29) is 17.9 Å². The van der Waals surface area contributed by atoms with Crippen molar-refractivity contribution in [3.05, 3.63) is 36.3 Å². The number of amides is 1. The Morgan fingerprint density at radius 1 is 1.19 bits per heavy atom. The zero-order valence-corrected chi connectivity index (χ0v) is 17.7. The zero-order valence-electron chi connectivity index (χ0n) is 17.7. The fourth-order valence-corrected chi connectivity index (χ4v) is 5.00. The Hall–Kier alpha value is -3.05. The van der Waals surface area contributed by atoms with Crippen LogP contribution in [0.5, 0.6) is 0 Å². The van der Waals surface area contributed by atoms with Crippen LogP contribution in [0.25, 0.3) is 0 Å². The molecule has 2 aliphatic heterocycles. The van der Waals surface area contributed by atoms with Gasteiger partial charge in [0.05, 0.1) is 18.0 Å². The summed E-state index contributed by atoms with van der Waals surface area (Å²) in [6.45, 7) is 4.06. The quantitative estimate of drug-likeness (QED) is 0.770. The Balaban J connectivity index is 1.33. The second kappa shape index (κ2) is 7.89. The SMILES string of the molecule is C[C@@H]1C[C@@](C#N)(C2CC2)C(=O)N1c1ccnc(Nc2ccc(C3CCNCC3)nc2)n1. The summed E-state index contributed by atoms with van der Waals surface area (Å²) in [7, 11) is 0. The minimum atomic E-state index is -0.896. The van der Waals surface area contributed by atoms with Gasteiger partial charge in [-0.3, -0.25) is 14.7 Å². The summed E-state index contributed by atoms with van der Waals surface area (Å²) in [5.41, 5.74) is 1.03. The van der Waals surface area contributed by atoms with Gasteiger partial charge in [0.15, 0.2) is 0 Å². The number of anilines is 3. The van der Waals surface area contributed by atoms with Crippen molar-refractivity contribution in [2.24, 2.45) is 11.3 Å². The number of nitriles is 1. The van der Waals surface area contributed by atoms with E-state index < -0.39 is 5.41 Å². The van der Waals surface area contributed by atoms with Gasteiger partial charge in [0.1, 0.15) is 11.2 Å². The summed E-state index contributed by atoms with van der Waals surface area (Å²) < 4.78 is 0. The van der Waals surface area contributed by atoms with Crippen LogP contribution in [0.1, 0.15) is 50.6 Å². The van der Waals surface area contributed by atoms with Gasteiger partial charge in [-0.25, -0.2) is 4.98 Å². The predicted molar refractivity (Wildman–Crippen MR) is 117 cm³/mol. The van der Waals surface area contributed by atoms with E-state index in [1.54, 1.807) is 17.2 Å². The number of hydrogen-bond donors (Lipinski definition) is 2. The Bertz CT molecular complexity index is 1010. The highest BCUT2D eigenvalue weighted by Crippen LogP contribution is 2.53. The summed E-state index contributed by atoms with van der Waals surface area (Å²) in [4.78, 5) is 28.4. The van der Waals surface area contributed by atoms with Gasteiger partial charge in [-0.2, -0.15) is 10.2 Å². The first kappa shape index (κ1) is 19.9. The number of piperidine rings is 1. The molecule has 2 aromatic rings. The molecule has 1 amide bonds. The first-order valence-corrected chi connectivity index (χ1v) is 11.1. The van der Waals surface area contributed by atoms with Crippen LogP contribution < -0.4 is 15.5 Å². The van der Waals surface area contributed by atoms with Crippen LogP contribution in [0.4, 0.5) is 17.5 Å². The van der Waals surface area contributed by atoms with Gasteiger partial charge < -0.3 is 10.6 Å². The molecule has 2 atom stereocenters. The largest absolute Gasteiger partial charge is 0.323 e. The third-order valence-corrected chi connectivity index (χ3v) is 6.82. The van der Waals surface area contributed by atoms with Crippen molar-refractivity contribution in [3.63, 3.8) is 0 Å². The highest BCUT2D eigenvalue weighted by atomic mass is 16.2. The molecular weight excluding hydrogens is 390 g/mol. The molecule has 2 aromatic heterocycles. The molecule has 0 radical (unpaired) electrons. The summed E-state index contributed by atoms with van der Waals surface area (Å²) in [6, 6.07) is 8.07. The number of carbonyl (C=O) groups is 1. The summed E-state index contributed by atoms with van der Waals surface area (Å²) in [6.07, 6.45) is 8.14. The first-order chi connectivity index (χ1) is 15.1. The summed E-state index contributed by atoms with van der Waals surface area (Å²) in [5.74, 6) is 1.51. The van der Waals surface area contributed by atoms with Gasteiger partial charge in [-0.05, 0) is 76.2 Å². The molecule has 160 valence electrons. The molecule has 8 heteroatoms. The third kappa shape index (κ3) is 3.63. The molecule has 2 N–H and O–H groups in total. The van der Waals surface area contributed by atoms with Crippen LogP contribution >= 0.6 is 0 Å². The van der Waals surface area contributed by atoms with Crippen molar-refractivity contribution < 1.29 is 4.79 Å². The number of carbonyl (C=O) groups excluding carboxylic acids is 1. The molecule has 8 nitrogen and oxygen atoms in total. The molecule has 2 saturated heterocycles. The average Bonchev–Trinajstić information content (AvgIpc) is 3.61. The van der Waals surface area contributed by atoms with E-state index in [1.807, 2.05) is 19.2 Å². The molecule has 1 aliphatic carbocycles. The minimum absolute atomic E-state index is 0.0681. The van der Waals surface area contributed by atoms with Crippen molar-refractivity contribution in [1.29, 1.82) is 5.26 Å². The molecule has 3 aliphatic rings. The van der Waals surface area contributed by atoms with Gasteiger partial charge in [0.25, 0.3) is 0 Å². The number of pyridine rings is 1. The topological polar surface area (TPSA) is 107 Å². The van der Waals surface area contributed by atoms with E-state index in [2.05, 4.69) is 37.7 Å². The Kier molecular flexibility index (Phi) is 5.06. The number of aromatic nitrogens is 3. The van der Waals surface area contributed by atoms with Gasteiger partial charge in [0.2, 0.25) is 11.9 Å². The van der Waals surface area contributed by atoms with Crippen LogP contribution in [0.15, 0.2) is 30.6 Å². The van der Waals surface area contributed by atoms with Crippen molar-refractivity contribution >= 4 is 23.4 Å². The molecule has 0 aromatic carbocycles. The second-order valence-electron chi connectivity index (χ2n) is 8.95. The second-order valence-corrected chi connectivity index (χ2v) is 8.95. The lowest BCUT2D eigenvalue weighted by Crippen LogP contribution is -2.37. The van der Waals surface area contributed by atoms with Gasteiger partial charge in [-0.15, -0.1) is 0 Å². The van der Waals surface area contributed by atoms with E-state index in [1.165, 1.54) is 0 Å². The van der Waals surface area contributed by atoms with Crippen molar-refractivity contribution in [2.45, 2.75) is 51.0 Å². The standard InChI is InChI=1S/C23H27N7O/c1-15-12-23(14-24,17-2-3-17)21(31)30(15)20-8-11-26-22(29-20)28-18-4-5-19(27-13-18)16-6-9-25-10-7-16/h4-5,8,11,13,15-17,25H,2-3,6-7,9-10,12H2,1H3,(H,26,28,29)/t15-,23-/m1/s1. The van der Waals surface area contributed by atoms with Gasteiger partial charge >= 0.3 is 0 Å². The molecule has 0 unspecified atom stereocenters. The van der Waals surface area contributed by atoms with E-state index in [0.717, 1.165) is 50.2 Å². The number of rotatable bonds is 5. The smallest absolute Gasteiger partial charge is 0.249 e. The monoisotopic (exact) mass is 417 g/mol. The highest BCUT2D eigenvalue weighted by Gasteiger charge is 2.59. The highest BCUT2D eigenvalue weighted by molar-refractivity contribution is 6.02. The molecule has 3 fully saturated rings. The summed E-state index contributed by atoms with van der Waals surface area (Å²) in [5, 5.41) is 16.4. The zero-order chi connectivity index (χ0) is 21.4. The van der Waals surface area contributed by atoms with Crippen LogP contribution in [-0.4, -0.2) is 40.0 Å². The van der Waals surface area contributed by atoms with E-state index in [0.29, 0.717) is 24.1 Å². The van der Waals surface area contributed by atoms with Crippen molar-refractivity contribution in [1.82, 2.24) is 20.3 Å². The summed E-state index contributed by atoms with van der Waals surface area (Å²) >= 11 is 0. The normalized spacial score (nSPS) is 26.6. The number of nitrogens with zero attached hydrogens (tertiary/aromatic N) is 5. The average molecular weight is 418 g/mol. The third-order valence-electron chi connectivity index (χ3n) is 6.82. The number of nitrogens with one attached hydrogen (secondary N) is 2. The minimum Gasteiger partial charge on any atom is -0.323 e. The fraction of sp³-hybridized carbons (Fsp3) is 0.522. The predicted octanol–water partition coefficient (Wildman–Crippen LogP) is 3.13. The first-order valence-electron chi connectivity index (χ1n) is 11.1. The van der Waals surface area contributed by atoms with Crippen LogP contribution in [0, 0.1) is 22.7 Å². The van der Waals surface area contributed by atoms with E-state index in [9.17, 15) is 10.1 Å². The number of hydrogen-bond acceptors (Lipinski definition) is 7. The molecule has 0 bridgehead atoms. The Labute approximate surface area is 182 Å². The lowest BCUT2D eigenvalue weighted by Gasteiger charge is -2.22. The molecule has 1 saturated carbocycles. The van der Waals surface area contributed by atoms with Crippen LogP contribution in [0.3, 0.4) is 0 Å². The molecule has 4 heterocycles. The van der Waals surface area contributed by atoms with Crippen molar-refractivity contribution in [3.8, 4) is 6.07 Å². The van der Waals surface area contributed by atoms with Crippen LogP contribution in [-0.2, 0) is 4.79 Å². The lowest BCUT2D eigenvalue weighted by molar-refractivity contribution is -0.123. The lowest BCUT2D eigenvalue weighted by atomic mass is 9.81.